The average Bonchev–Trinajstić information content (AvgIpc) is 2.86. The molecule has 1 heterocycles. The molecular formula is C14H15BrF3NO. The average molecular weight is 350 g/mol. The zero-order valence-electron chi connectivity index (χ0n) is 11.0. The molecule has 2 rings (SSSR count). The Labute approximate surface area is 124 Å². The maximum absolute atomic E-state index is 12.7. The summed E-state index contributed by atoms with van der Waals surface area (Å²) in [6.07, 6.45) is -2.54. The largest absolute Gasteiger partial charge is 0.416 e. The van der Waals surface area contributed by atoms with Crippen molar-refractivity contribution in [3.63, 3.8) is 0 Å². The lowest BCUT2D eigenvalue weighted by atomic mass is 10.1. The summed E-state index contributed by atoms with van der Waals surface area (Å²) >= 11 is 3.16. The van der Waals surface area contributed by atoms with Crippen molar-refractivity contribution in [1.29, 1.82) is 0 Å². The molecule has 1 amide bonds. The molecule has 1 unspecified atom stereocenters. The van der Waals surface area contributed by atoms with Crippen LogP contribution >= 0.6 is 15.9 Å². The Morgan fingerprint density at radius 1 is 1.45 bits per heavy atom. The number of likely N-dealkylation sites (tertiary alicyclic amines) is 1. The highest BCUT2D eigenvalue weighted by Crippen LogP contribution is 2.33. The summed E-state index contributed by atoms with van der Waals surface area (Å²) in [4.78, 5) is 14.0. The van der Waals surface area contributed by atoms with Gasteiger partial charge in [-0.15, -0.1) is 0 Å². The van der Waals surface area contributed by atoms with E-state index >= 15 is 0 Å². The molecule has 1 aliphatic heterocycles. The van der Waals surface area contributed by atoms with E-state index in [-0.39, 0.29) is 11.5 Å². The third-order valence-corrected chi connectivity index (χ3v) is 4.37. The Hall–Kier alpha value is -1.04. The van der Waals surface area contributed by atoms with Crippen LogP contribution in [0.25, 0.3) is 0 Å². The number of carbonyl (C=O) groups excluding carboxylic acids is 1. The summed E-state index contributed by atoms with van der Waals surface area (Å²) in [5.74, 6) is 0.113. The summed E-state index contributed by atoms with van der Waals surface area (Å²) < 4.78 is 38.5. The highest BCUT2D eigenvalue weighted by molar-refractivity contribution is 9.10. The van der Waals surface area contributed by atoms with E-state index in [0.717, 1.165) is 25.0 Å². The van der Waals surface area contributed by atoms with Gasteiger partial charge in [-0.3, -0.25) is 4.79 Å². The van der Waals surface area contributed by atoms with Gasteiger partial charge in [-0.1, -0.05) is 13.3 Å². The summed E-state index contributed by atoms with van der Waals surface area (Å²) in [7, 11) is 0. The molecule has 1 saturated heterocycles. The van der Waals surface area contributed by atoms with Crippen molar-refractivity contribution in [2.24, 2.45) is 5.92 Å². The first-order valence-electron chi connectivity index (χ1n) is 6.49. The van der Waals surface area contributed by atoms with Gasteiger partial charge in [0, 0.05) is 17.6 Å². The fourth-order valence-electron chi connectivity index (χ4n) is 2.39. The van der Waals surface area contributed by atoms with Crippen LogP contribution in [0, 0.1) is 5.92 Å². The van der Waals surface area contributed by atoms with Crippen LogP contribution < -0.4 is 0 Å². The molecule has 2 nitrogen and oxygen atoms in total. The van der Waals surface area contributed by atoms with Gasteiger partial charge in [-0.05, 0) is 46.5 Å². The Bertz CT molecular complexity index is 516. The van der Waals surface area contributed by atoms with Crippen molar-refractivity contribution in [2.75, 3.05) is 13.1 Å². The van der Waals surface area contributed by atoms with Gasteiger partial charge >= 0.3 is 6.18 Å². The van der Waals surface area contributed by atoms with Gasteiger partial charge in [-0.2, -0.15) is 13.2 Å². The topological polar surface area (TPSA) is 20.3 Å². The summed E-state index contributed by atoms with van der Waals surface area (Å²) in [6.45, 7) is 3.29. The zero-order chi connectivity index (χ0) is 14.9. The molecule has 1 fully saturated rings. The molecular weight excluding hydrogens is 335 g/mol. The summed E-state index contributed by atoms with van der Waals surface area (Å²) in [6, 6.07) is 3.18. The maximum atomic E-state index is 12.7. The second kappa shape index (κ2) is 5.76. The van der Waals surface area contributed by atoms with Crippen LogP contribution in [0.5, 0.6) is 0 Å². The van der Waals surface area contributed by atoms with Crippen molar-refractivity contribution >= 4 is 21.8 Å². The molecule has 110 valence electrons. The standard InChI is InChI=1S/C14H15BrF3NO/c1-2-9-5-6-19(8-9)13(20)11-7-10(14(16,17)18)3-4-12(11)15/h3-4,7,9H,2,5-6,8H2,1H3. The SMILES string of the molecule is CCC1CCN(C(=O)c2cc(C(F)(F)F)ccc2Br)C1. The summed E-state index contributed by atoms with van der Waals surface area (Å²) in [5.41, 5.74) is -0.716. The van der Waals surface area contributed by atoms with Crippen LogP contribution in [0.15, 0.2) is 22.7 Å². The fraction of sp³-hybridized carbons (Fsp3) is 0.500. The van der Waals surface area contributed by atoms with Gasteiger partial charge in [-0.25, -0.2) is 0 Å². The minimum absolute atomic E-state index is 0.0802. The molecule has 20 heavy (non-hydrogen) atoms. The van der Waals surface area contributed by atoms with E-state index in [0.29, 0.717) is 23.5 Å². The first kappa shape index (κ1) is 15.4. The van der Waals surface area contributed by atoms with Crippen LogP contribution in [0.3, 0.4) is 0 Å². The number of rotatable bonds is 2. The molecule has 0 aliphatic carbocycles. The lowest BCUT2D eigenvalue weighted by molar-refractivity contribution is -0.137. The fourth-order valence-corrected chi connectivity index (χ4v) is 2.80. The van der Waals surface area contributed by atoms with E-state index in [1.807, 2.05) is 0 Å². The number of carbonyl (C=O) groups is 1. The molecule has 0 aromatic heterocycles. The smallest absolute Gasteiger partial charge is 0.338 e. The molecule has 1 aliphatic rings. The highest BCUT2D eigenvalue weighted by atomic mass is 79.9. The van der Waals surface area contributed by atoms with Crippen molar-refractivity contribution in [2.45, 2.75) is 25.9 Å². The highest BCUT2D eigenvalue weighted by Gasteiger charge is 2.33. The monoisotopic (exact) mass is 349 g/mol. The number of halogens is 4. The second-order valence-electron chi connectivity index (χ2n) is 5.01. The Morgan fingerprint density at radius 2 is 2.15 bits per heavy atom. The van der Waals surface area contributed by atoms with E-state index in [2.05, 4.69) is 22.9 Å². The third-order valence-electron chi connectivity index (χ3n) is 3.67. The predicted octanol–water partition coefficient (Wildman–Crippen LogP) is 4.34. The Balaban J connectivity index is 2.26. The van der Waals surface area contributed by atoms with E-state index in [1.165, 1.54) is 6.07 Å². The number of alkyl halides is 3. The second-order valence-corrected chi connectivity index (χ2v) is 5.86. The molecule has 1 aromatic rings. The number of nitrogens with zero attached hydrogens (tertiary/aromatic N) is 1. The van der Waals surface area contributed by atoms with Crippen molar-refractivity contribution in [3.8, 4) is 0 Å². The van der Waals surface area contributed by atoms with Crippen LogP contribution in [0.2, 0.25) is 0 Å². The van der Waals surface area contributed by atoms with E-state index in [1.54, 1.807) is 4.90 Å². The van der Waals surface area contributed by atoms with Crippen LogP contribution in [0.1, 0.15) is 35.7 Å². The van der Waals surface area contributed by atoms with Gasteiger partial charge in [0.15, 0.2) is 0 Å². The first-order chi connectivity index (χ1) is 9.32. The van der Waals surface area contributed by atoms with Crippen molar-refractivity contribution in [1.82, 2.24) is 4.90 Å². The van der Waals surface area contributed by atoms with E-state index < -0.39 is 11.7 Å². The number of benzene rings is 1. The third kappa shape index (κ3) is 3.16. The quantitative estimate of drug-likeness (QED) is 0.777. The summed E-state index contributed by atoms with van der Waals surface area (Å²) in [5, 5.41) is 0. The lowest BCUT2D eigenvalue weighted by Gasteiger charge is -2.18. The molecule has 1 aromatic carbocycles. The maximum Gasteiger partial charge on any atom is 0.416 e. The minimum atomic E-state index is -4.44. The molecule has 0 N–H and O–H groups in total. The molecule has 1 atom stereocenters. The molecule has 0 spiro atoms. The molecule has 0 bridgehead atoms. The Kier molecular flexibility index (Phi) is 4.42. The predicted molar refractivity (Wildman–Crippen MR) is 73.4 cm³/mol. The molecule has 0 radical (unpaired) electrons. The number of amides is 1. The van der Waals surface area contributed by atoms with Gasteiger partial charge in [0.25, 0.3) is 5.91 Å². The van der Waals surface area contributed by atoms with Crippen LogP contribution in [0.4, 0.5) is 13.2 Å². The molecule has 0 saturated carbocycles. The number of hydrogen-bond donors (Lipinski definition) is 0. The lowest BCUT2D eigenvalue weighted by Crippen LogP contribution is -2.29. The zero-order valence-corrected chi connectivity index (χ0v) is 12.6. The van der Waals surface area contributed by atoms with Crippen LogP contribution in [-0.4, -0.2) is 23.9 Å². The van der Waals surface area contributed by atoms with Crippen LogP contribution in [-0.2, 0) is 6.18 Å². The normalized spacial score (nSPS) is 19.4. The first-order valence-corrected chi connectivity index (χ1v) is 7.28. The van der Waals surface area contributed by atoms with Gasteiger partial charge in [0.1, 0.15) is 0 Å². The Morgan fingerprint density at radius 3 is 2.70 bits per heavy atom. The van der Waals surface area contributed by atoms with E-state index in [9.17, 15) is 18.0 Å². The van der Waals surface area contributed by atoms with Crippen molar-refractivity contribution < 1.29 is 18.0 Å². The number of hydrogen-bond acceptors (Lipinski definition) is 1. The molecule has 6 heteroatoms. The van der Waals surface area contributed by atoms with Gasteiger partial charge < -0.3 is 4.90 Å². The minimum Gasteiger partial charge on any atom is -0.338 e. The van der Waals surface area contributed by atoms with E-state index in [4.69, 9.17) is 0 Å². The van der Waals surface area contributed by atoms with Gasteiger partial charge in [0.2, 0.25) is 0 Å². The van der Waals surface area contributed by atoms with Crippen molar-refractivity contribution in [3.05, 3.63) is 33.8 Å². The van der Waals surface area contributed by atoms with Gasteiger partial charge in [0.05, 0.1) is 11.1 Å².